The molecule has 148 valence electrons. The van der Waals surface area contributed by atoms with Crippen LogP contribution in [-0.4, -0.2) is 32.5 Å². The lowest BCUT2D eigenvalue weighted by Gasteiger charge is -2.19. The van der Waals surface area contributed by atoms with Crippen molar-refractivity contribution in [3.63, 3.8) is 0 Å². The molecule has 2 N–H and O–H groups in total. The van der Waals surface area contributed by atoms with Crippen molar-refractivity contribution in [3.05, 3.63) is 58.6 Å². The highest BCUT2D eigenvalue weighted by molar-refractivity contribution is 7.93. The molecule has 1 heterocycles. The van der Waals surface area contributed by atoms with Crippen molar-refractivity contribution in [2.45, 2.75) is 19.9 Å². The summed E-state index contributed by atoms with van der Waals surface area (Å²) in [6, 6.07) is 12.0. The largest absolute Gasteiger partial charge is 0.344 e. The molecule has 1 aliphatic heterocycles. The van der Waals surface area contributed by atoms with Gasteiger partial charge >= 0.3 is 11.8 Å². The fourth-order valence-corrected chi connectivity index (χ4v) is 4.66. The van der Waals surface area contributed by atoms with Gasteiger partial charge in [-0.3, -0.25) is 13.9 Å². The summed E-state index contributed by atoms with van der Waals surface area (Å²) in [7, 11) is -3.33. The van der Waals surface area contributed by atoms with Gasteiger partial charge in [0.05, 0.1) is 11.4 Å². The van der Waals surface area contributed by atoms with Crippen LogP contribution in [0.15, 0.2) is 42.5 Å². The van der Waals surface area contributed by atoms with E-state index < -0.39 is 21.8 Å². The van der Waals surface area contributed by atoms with E-state index in [9.17, 15) is 18.0 Å². The van der Waals surface area contributed by atoms with E-state index in [1.165, 1.54) is 4.31 Å². The van der Waals surface area contributed by atoms with E-state index in [1.807, 2.05) is 0 Å². The van der Waals surface area contributed by atoms with Crippen LogP contribution in [0.1, 0.15) is 17.5 Å². The smallest absolute Gasteiger partial charge is 0.313 e. The van der Waals surface area contributed by atoms with Gasteiger partial charge in [-0.2, -0.15) is 0 Å². The first-order valence-electron chi connectivity index (χ1n) is 8.71. The fraction of sp³-hybridized carbons (Fsp3) is 0.263. The molecule has 7 nitrogen and oxygen atoms in total. The predicted molar refractivity (Wildman–Crippen MR) is 109 cm³/mol. The van der Waals surface area contributed by atoms with E-state index in [1.54, 1.807) is 49.4 Å². The maximum Gasteiger partial charge on any atom is 0.313 e. The summed E-state index contributed by atoms with van der Waals surface area (Å²) in [6.07, 6.45) is 0.558. The van der Waals surface area contributed by atoms with E-state index in [0.717, 1.165) is 0 Å². The van der Waals surface area contributed by atoms with Crippen LogP contribution in [0.2, 0.25) is 5.02 Å². The van der Waals surface area contributed by atoms with Crippen LogP contribution in [0, 0.1) is 6.92 Å². The number of carbonyl (C=O) groups is 2. The molecule has 0 bridgehead atoms. The van der Waals surface area contributed by atoms with E-state index in [-0.39, 0.29) is 12.3 Å². The standard InChI is InChI=1S/C19H20ClN3O4S/c1-13-7-8-15(23-9-4-10-28(23,26)27)11-17(13)22-19(25)18(24)21-12-14-5-2-3-6-16(14)20/h2-3,5-8,11H,4,9-10,12H2,1H3,(H,21,24)(H,22,25). The molecule has 2 amide bonds. The zero-order valence-corrected chi connectivity index (χ0v) is 16.8. The lowest BCUT2D eigenvalue weighted by Crippen LogP contribution is -2.35. The van der Waals surface area contributed by atoms with Gasteiger partial charge in [0, 0.05) is 23.8 Å². The average Bonchev–Trinajstić information content (AvgIpc) is 3.01. The van der Waals surface area contributed by atoms with Crippen molar-refractivity contribution in [1.82, 2.24) is 5.32 Å². The second kappa shape index (κ2) is 8.20. The highest BCUT2D eigenvalue weighted by atomic mass is 35.5. The number of nitrogens with zero attached hydrogens (tertiary/aromatic N) is 1. The summed E-state index contributed by atoms with van der Waals surface area (Å²) in [5, 5.41) is 5.57. The number of anilines is 2. The summed E-state index contributed by atoms with van der Waals surface area (Å²) < 4.78 is 25.5. The molecule has 1 aliphatic rings. The second-order valence-corrected chi connectivity index (χ2v) is 8.89. The first-order chi connectivity index (χ1) is 13.3. The Morgan fingerprint density at radius 3 is 2.57 bits per heavy atom. The van der Waals surface area contributed by atoms with Gasteiger partial charge in [-0.05, 0) is 42.7 Å². The Hall–Kier alpha value is -2.58. The van der Waals surface area contributed by atoms with E-state index in [2.05, 4.69) is 10.6 Å². The van der Waals surface area contributed by atoms with Crippen molar-refractivity contribution in [2.24, 2.45) is 0 Å². The maximum absolute atomic E-state index is 12.2. The number of amides is 2. The van der Waals surface area contributed by atoms with Crippen LogP contribution in [-0.2, 0) is 26.2 Å². The molecule has 2 aromatic carbocycles. The number of sulfonamides is 1. The molecule has 0 aliphatic carbocycles. The minimum atomic E-state index is -3.33. The lowest BCUT2D eigenvalue weighted by molar-refractivity contribution is -0.136. The molecule has 0 spiro atoms. The zero-order valence-electron chi connectivity index (χ0n) is 15.2. The van der Waals surface area contributed by atoms with Crippen molar-refractivity contribution in [1.29, 1.82) is 0 Å². The Balaban J connectivity index is 1.69. The van der Waals surface area contributed by atoms with Gasteiger partial charge in [0.15, 0.2) is 0 Å². The Bertz CT molecular complexity index is 1020. The molecule has 0 radical (unpaired) electrons. The summed E-state index contributed by atoms with van der Waals surface area (Å²) in [4.78, 5) is 24.4. The number of benzene rings is 2. The molecule has 9 heteroatoms. The van der Waals surface area contributed by atoms with Crippen molar-refractivity contribution < 1.29 is 18.0 Å². The molecule has 3 rings (SSSR count). The number of nitrogens with one attached hydrogen (secondary N) is 2. The maximum atomic E-state index is 12.2. The Morgan fingerprint density at radius 2 is 1.89 bits per heavy atom. The first kappa shape index (κ1) is 20.2. The van der Waals surface area contributed by atoms with Crippen molar-refractivity contribution in [3.8, 4) is 0 Å². The van der Waals surface area contributed by atoms with Crippen LogP contribution < -0.4 is 14.9 Å². The monoisotopic (exact) mass is 421 g/mol. The van der Waals surface area contributed by atoms with Gasteiger partial charge in [0.2, 0.25) is 10.0 Å². The SMILES string of the molecule is Cc1ccc(N2CCCS2(=O)=O)cc1NC(=O)C(=O)NCc1ccccc1Cl. The van der Waals surface area contributed by atoms with Crippen LogP contribution in [0.25, 0.3) is 0 Å². The number of aryl methyl sites for hydroxylation is 1. The molecule has 0 saturated carbocycles. The van der Waals surface area contributed by atoms with Gasteiger partial charge in [-0.25, -0.2) is 8.42 Å². The van der Waals surface area contributed by atoms with Crippen molar-refractivity contribution >= 4 is 44.8 Å². The predicted octanol–water partition coefficient (Wildman–Crippen LogP) is 2.44. The second-order valence-electron chi connectivity index (χ2n) is 6.47. The molecule has 1 saturated heterocycles. The summed E-state index contributed by atoms with van der Waals surface area (Å²) in [5.74, 6) is -1.54. The molecular formula is C19H20ClN3O4S. The highest BCUT2D eigenvalue weighted by Gasteiger charge is 2.28. The minimum Gasteiger partial charge on any atom is -0.344 e. The van der Waals surface area contributed by atoms with Gasteiger partial charge in [-0.15, -0.1) is 0 Å². The highest BCUT2D eigenvalue weighted by Crippen LogP contribution is 2.28. The third-order valence-corrected chi connectivity index (χ3v) is 6.70. The fourth-order valence-electron chi connectivity index (χ4n) is 2.91. The minimum absolute atomic E-state index is 0.104. The summed E-state index contributed by atoms with van der Waals surface area (Å²) in [5.41, 5.74) is 2.27. The Morgan fingerprint density at radius 1 is 1.14 bits per heavy atom. The van der Waals surface area contributed by atoms with Gasteiger partial charge in [0.1, 0.15) is 0 Å². The van der Waals surface area contributed by atoms with E-state index in [0.29, 0.717) is 40.5 Å². The topological polar surface area (TPSA) is 95.6 Å². The molecule has 28 heavy (non-hydrogen) atoms. The normalized spacial score (nSPS) is 15.3. The molecule has 0 unspecified atom stereocenters. The summed E-state index contributed by atoms with van der Waals surface area (Å²) >= 11 is 6.03. The van der Waals surface area contributed by atoms with Gasteiger partial charge in [0.25, 0.3) is 0 Å². The van der Waals surface area contributed by atoms with Crippen molar-refractivity contribution in [2.75, 3.05) is 21.9 Å². The first-order valence-corrected chi connectivity index (χ1v) is 10.7. The van der Waals surface area contributed by atoms with Crippen LogP contribution >= 0.6 is 11.6 Å². The summed E-state index contributed by atoms with van der Waals surface area (Å²) in [6.45, 7) is 2.29. The molecular weight excluding hydrogens is 402 g/mol. The van der Waals surface area contributed by atoms with Gasteiger partial charge < -0.3 is 10.6 Å². The van der Waals surface area contributed by atoms with E-state index in [4.69, 9.17) is 11.6 Å². The van der Waals surface area contributed by atoms with Gasteiger partial charge in [-0.1, -0.05) is 35.9 Å². The number of rotatable bonds is 4. The molecule has 1 fully saturated rings. The third kappa shape index (κ3) is 4.45. The number of hydrogen-bond acceptors (Lipinski definition) is 4. The molecule has 0 aromatic heterocycles. The quantitative estimate of drug-likeness (QED) is 0.741. The molecule has 2 aromatic rings. The van der Waals surface area contributed by atoms with Crippen LogP contribution in [0.4, 0.5) is 11.4 Å². The lowest BCUT2D eigenvalue weighted by atomic mass is 10.1. The van der Waals surface area contributed by atoms with Crippen LogP contribution in [0.3, 0.4) is 0 Å². The number of carbonyl (C=O) groups excluding carboxylic acids is 2. The molecule has 0 atom stereocenters. The number of hydrogen-bond donors (Lipinski definition) is 2. The third-order valence-electron chi connectivity index (χ3n) is 4.46. The average molecular weight is 422 g/mol. The van der Waals surface area contributed by atoms with Crippen LogP contribution in [0.5, 0.6) is 0 Å². The zero-order chi connectivity index (χ0) is 20.3. The Kier molecular flexibility index (Phi) is 5.90. The number of halogens is 1. The van der Waals surface area contributed by atoms with E-state index >= 15 is 0 Å². The Labute approximate surface area is 168 Å².